The van der Waals surface area contributed by atoms with Crippen molar-refractivity contribution in [1.82, 2.24) is 4.57 Å². The molecular formula is C18H17N4O2S+. The summed E-state index contributed by atoms with van der Waals surface area (Å²) in [5.74, 6) is 2.16. The predicted molar refractivity (Wildman–Crippen MR) is 96.3 cm³/mol. The molecule has 1 aliphatic heterocycles. The number of aryl methyl sites for hydroxylation is 2. The maximum atomic E-state index is 9.02. The van der Waals surface area contributed by atoms with Crippen molar-refractivity contribution in [3.63, 3.8) is 0 Å². The van der Waals surface area contributed by atoms with Gasteiger partial charge in [-0.2, -0.15) is 9.83 Å². The van der Waals surface area contributed by atoms with Gasteiger partial charge in [0, 0.05) is 24.1 Å². The molecule has 1 aliphatic rings. The van der Waals surface area contributed by atoms with Crippen molar-refractivity contribution >= 4 is 34.8 Å². The Morgan fingerprint density at radius 1 is 1.32 bits per heavy atom. The van der Waals surface area contributed by atoms with Gasteiger partial charge in [-0.1, -0.05) is 11.8 Å². The number of fused-ring (bicyclic) bond motifs is 2. The van der Waals surface area contributed by atoms with E-state index >= 15 is 0 Å². The minimum absolute atomic E-state index is 0.322. The van der Waals surface area contributed by atoms with Crippen LogP contribution in [0.1, 0.15) is 11.6 Å². The summed E-state index contributed by atoms with van der Waals surface area (Å²) < 4.78 is 14.9. The Morgan fingerprint density at radius 3 is 2.80 bits per heavy atom. The average Bonchev–Trinajstić information content (AvgIpc) is 3.25. The summed E-state index contributed by atoms with van der Waals surface area (Å²) in [4.78, 5) is 3.35. The molecule has 6 nitrogen and oxygen atoms in total. The zero-order valence-electron chi connectivity index (χ0n) is 14.4. The van der Waals surface area contributed by atoms with Crippen molar-refractivity contribution in [2.24, 2.45) is 14.1 Å². The third kappa shape index (κ3) is 2.29. The Morgan fingerprint density at radius 2 is 2.12 bits per heavy atom. The molecule has 0 aliphatic carbocycles. The number of thioether (sulfide) groups is 1. The van der Waals surface area contributed by atoms with E-state index in [1.165, 1.54) is 4.90 Å². The zero-order chi connectivity index (χ0) is 17.7. The average molecular weight is 353 g/mol. The number of benzene rings is 1. The van der Waals surface area contributed by atoms with Gasteiger partial charge < -0.3 is 14.1 Å². The SMILES string of the molecule is COc1ccc2c(c1)N(C)/C(=C/c1n(C)c3cc(C#N)oc3[n+]1C)S2. The molecule has 3 aromatic rings. The summed E-state index contributed by atoms with van der Waals surface area (Å²) >= 11 is 1.72. The molecule has 0 radical (unpaired) electrons. The number of anilines is 1. The van der Waals surface area contributed by atoms with Crippen molar-refractivity contribution in [1.29, 1.82) is 5.26 Å². The monoisotopic (exact) mass is 353 g/mol. The molecule has 7 heteroatoms. The quantitative estimate of drug-likeness (QED) is 0.663. The summed E-state index contributed by atoms with van der Waals surface area (Å²) in [6.07, 6.45) is 2.12. The number of aromatic nitrogens is 2. The van der Waals surface area contributed by atoms with Gasteiger partial charge in [0.05, 0.1) is 38.0 Å². The number of hydrogen-bond acceptors (Lipinski definition) is 5. The van der Waals surface area contributed by atoms with Gasteiger partial charge in [-0.15, -0.1) is 0 Å². The summed E-state index contributed by atoms with van der Waals surface area (Å²) in [5.41, 5.74) is 2.72. The van der Waals surface area contributed by atoms with E-state index in [1.807, 2.05) is 48.5 Å². The summed E-state index contributed by atoms with van der Waals surface area (Å²) in [7, 11) is 7.64. The van der Waals surface area contributed by atoms with Gasteiger partial charge in [-0.25, -0.2) is 4.57 Å². The second-order valence-electron chi connectivity index (χ2n) is 5.87. The number of hydrogen-bond donors (Lipinski definition) is 0. The van der Waals surface area contributed by atoms with Crippen molar-refractivity contribution in [2.45, 2.75) is 4.90 Å². The fourth-order valence-electron chi connectivity index (χ4n) is 3.06. The van der Waals surface area contributed by atoms with Crippen LogP contribution in [0.3, 0.4) is 0 Å². The van der Waals surface area contributed by atoms with Crippen LogP contribution in [0.15, 0.2) is 38.6 Å². The van der Waals surface area contributed by atoms with E-state index in [4.69, 9.17) is 14.4 Å². The van der Waals surface area contributed by atoms with Crippen molar-refractivity contribution in [3.05, 3.63) is 40.9 Å². The smallest absolute Gasteiger partial charge is 0.339 e. The third-order valence-corrected chi connectivity index (χ3v) is 5.65. The third-order valence-electron chi connectivity index (χ3n) is 4.48. The fraction of sp³-hybridized carbons (Fsp3) is 0.222. The van der Waals surface area contributed by atoms with Gasteiger partial charge in [0.25, 0.3) is 5.82 Å². The van der Waals surface area contributed by atoms with Gasteiger partial charge in [0.15, 0.2) is 0 Å². The van der Waals surface area contributed by atoms with Crippen LogP contribution in [0.5, 0.6) is 5.75 Å². The van der Waals surface area contributed by atoms with E-state index in [-0.39, 0.29) is 0 Å². The molecular weight excluding hydrogens is 336 g/mol. The van der Waals surface area contributed by atoms with Crippen LogP contribution in [0.25, 0.3) is 17.3 Å². The lowest BCUT2D eigenvalue weighted by Crippen LogP contribution is -2.31. The Bertz CT molecular complexity index is 1030. The first-order chi connectivity index (χ1) is 12.0. The topological polar surface area (TPSA) is 58.2 Å². The lowest BCUT2D eigenvalue weighted by Gasteiger charge is -2.13. The van der Waals surface area contributed by atoms with Gasteiger partial charge >= 0.3 is 5.71 Å². The molecule has 0 amide bonds. The molecule has 3 heterocycles. The standard InChI is InChI=1S/C18H17N4O2S/c1-20-14-8-12(10-19)24-18(14)22(3)16(20)9-17-21(2)13-7-11(23-4)5-6-15(13)25-17/h5-9H,1-4H3/q+1. The molecule has 1 aromatic carbocycles. The zero-order valence-corrected chi connectivity index (χ0v) is 15.2. The Balaban J connectivity index is 1.78. The second-order valence-corrected chi connectivity index (χ2v) is 6.93. The summed E-state index contributed by atoms with van der Waals surface area (Å²) in [5, 5.41) is 10.1. The fourth-order valence-corrected chi connectivity index (χ4v) is 4.12. The highest BCUT2D eigenvalue weighted by atomic mass is 32.2. The van der Waals surface area contributed by atoms with Crippen LogP contribution in [0, 0.1) is 11.3 Å². The van der Waals surface area contributed by atoms with Crippen LogP contribution in [0.2, 0.25) is 0 Å². The first-order valence-corrected chi connectivity index (χ1v) is 8.54. The molecule has 2 aromatic heterocycles. The number of methoxy groups -OCH3 is 1. The number of nitriles is 1. The van der Waals surface area contributed by atoms with Gasteiger partial charge in [0.2, 0.25) is 11.3 Å². The summed E-state index contributed by atoms with van der Waals surface area (Å²) in [6.45, 7) is 0. The van der Waals surface area contributed by atoms with E-state index in [0.29, 0.717) is 11.5 Å². The van der Waals surface area contributed by atoms with Crippen LogP contribution in [0.4, 0.5) is 5.69 Å². The molecule has 0 atom stereocenters. The minimum atomic E-state index is 0.322. The van der Waals surface area contributed by atoms with Crippen LogP contribution in [-0.2, 0) is 14.1 Å². The molecule has 0 bridgehead atoms. The predicted octanol–water partition coefficient (Wildman–Crippen LogP) is 3.02. The Kier molecular flexibility index (Phi) is 3.51. The molecule has 126 valence electrons. The van der Waals surface area contributed by atoms with Crippen molar-refractivity contribution in [3.8, 4) is 11.8 Å². The molecule has 0 saturated carbocycles. The maximum Gasteiger partial charge on any atom is 0.339 e. The van der Waals surface area contributed by atoms with E-state index < -0.39 is 0 Å². The van der Waals surface area contributed by atoms with Crippen LogP contribution in [-0.4, -0.2) is 18.7 Å². The van der Waals surface area contributed by atoms with Crippen LogP contribution >= 0.6 is 11.8 Å². The molecule has 0 fully saturated rings. The van der Waals surface area contributed by atoms with Gasteiger partial charge in [-0.3, -0.25) is 0 Å². The van der Waals surface area contributed by atoms with Crippen LogP contribution < -0.4 is 14.2 Å². The van der Waals surface area contributed by atoms with E-state index in [2.05, 4.69) is 17.0 Å². The molecule has 0 unspecified atom stereocenters. The Hall–Kier alpha value is -2.85. The number of imidazole rings is 1. The molecule has 25 heavy (non-hydrogen) atoms. The lowest BCUT2D eigenvalue weighted by atomic mass is 10.3. The highest BCUT2D eigenvalue weighted by Crippen LogP contribution is 2.46. The Labute approximate surface area is 149 Å². The van der Waals surface area contributed by atoms with E-state index in [0.717, 1.165) is 27.8 Å². The molecule has 0 N–H and O–H groups in total. The largest absolute Gasteiger partial charge is 0.497 e. The molecule has 0 saturated heterocycles. The normalized spacial score (nSPS) is 15.0. The first kappa shape index (κ1) is 15.7. The van der Waals surface area contributed by atoms with E-state index in [1.54, 1.807) is 24.9 Å². The molecule has 4 rings (SSSR count). The molecule has 0 spiro atoms. The lowest BCUT2D eigenvalue weighted by molar-refractivity contribution is -0.654. The van der Waals surface area contributed by atoms with Gasteiger partial charge in [-0.05, 0) is 12.1 Å². The minimum Gasteiger partial charge on any atom is -0.497 e. The number of ether oxygens (including phenoxy) is 1. The van der Waals surface area contributed by atoms with E-state index in [9.17, 15) is 0 Å². The second kappa shape index (κ2) is 5.60. The van der Waals surface area contributed by atoms with Crippen molar-refractivity contribution < 1.29 is 13.7 Å². The highest BCUT2D eigenvalue weighted by molar-refractivity contribution is 8.03. The number of nitrogens with zero attached hydrogens (tertiary/aromatic N) is 4. The van der Waals surface area contributed by atoms with Crippen molar-refractivity contribution in [2.75, 3.05) is 19.1 Å². The first-order valence-electron chi connectivity index (χ1n) is 7.73. The number of rotatable bonds is 2. The number of furan rings is 1. The highest BCUT2D eigenvalue weighted by Gasteiger charge is 2.28. The van der Waals surface area contributed by atoms with Gasteiger partial charge in [0.1, 0.15) is 11.8 Å². The summed E-state index contributed by atoms with van der Waals surface area (Å²) in [6, 6.07) is 9.90. The maximum absolute atomic E-state index is 9.02.